The average molecular weight is 308 g/mol. The molecule has 0 amide bonds. The number of likely N-dealkylation sites (tertiary alicyclic amines) is 1. The maximum atomic E-state index is 11.1. The van der Waals surface area contributed by atoms with E-state index in [-0.39, 0.29) is 0 Å². The van der Waals surface area contributed by atoms with Crippen LogP contribution in [-0.2, 0) is 17.3 Å². The summed E-state index contributed by atoms with van der Waals surface area (Å²) in [6.45, 7) is 5.61. The van der Waals surface area contributed by atoms with Crippen molar-refractivity contribution >= 4 is 10.8 Å². The summed E-state index contributed by atoms with van der Waals surface area (Å²) in [6.07, 6.45) is 5.22. The highest BCUT2D eigenvalue weighted by atomic mass is 32.2. The number of nitrogens with zero attached hydrogens (tertiary/aromatic N) is 1. The Morgan fingerprint density at radius 2 is 1.95 bits per heavy atom. The third kappa shape index (κ3) is 6.29. The lowest BCUT2D eigenvalue weighted by molar-refractivity contribution is 0.185. The topological polar surface area (TPSA) is 32.3 Å². The second-order valence-corrected chi connectivity index (χ2v) is 7.72. The molecule has 1 aliphatic rings. The molecule has 0 aromatic heterocycles. The third-order valence-electron chi connectivity index (χ3n) is 4.20. The number of piperidine rings is 1. The minimum atomic E-state index is -0.669. The molecule has 2 unspecified atom stereocenters. The van der Waals surface area contributed by atoms with E-state index in [2.05, 4.69) is 47.5 Å². The molecule has 1 N–H and O–H groups in total. The van der Waals surface area contributed by atoms with Gasteiger partial charge in [0.2, 0.25) is 0 Å². The fraction of sp³-hybridized carbons (Fsp3) is 0.647. The van der Waals surface area contributed by atoms with Gasteiger partial charge in [-0.1, -0.05) is 30.3 Å². The second kappa shape index (κ2) is 8.66. The molecule has 1 aliphatic heterocycles. The summed E-state index contributed by atoms with van der Waals surface area (Å²) in [5.41, 5.74) is 1.41. The Morgan fingerprint density at radius 3 is 2.57 bits per heavy atom. The van der Waals surface area contributed by atoms with E-state index in [4.69, 9.17) is 0 Å². The molecule has 0 spiro atoms. The van der Waals surface area contributed by atoms with Crippen molar-refractivity contribution in [3.8, 4) is 0 Å². The Labute approximate surface area is 131 Å². The van der Waals surface area contributed by atoms with Crippen molar-refractivity contribution < 1.29 is 4.21 Å². The van der Waals surface area contributed by atoms with Gasteiger partial charge in [0, 0.05) is 41.4 Å². The van der Waals surface area contributed by atoms with Gasteiger partial charge in [0.1, 0.15) is 0 Å². The molecule has 1 fully saturated rings. The Kier molecular flexibility index (Phi) is 6.87. The average Bonchev–Trinajstić information content (AvgIpc) is 2.48. The third-order valence-corrected chi connectivity index (χ3v) is 5.01. The lowest BCUT2D eigenvalue weighted by Crippen LogP contribution is -2.45. The fourth-order valence-corrected chi connectivity index (χ4v) is 3.61. The molecular weight excluding hydrogens is 280 g/mol. The van der Waals surface area contributed by atoms with Crippen LogP contribution in [0.25, 0.3) is 0 Å². The zero-order chi connectivity index (χ0) is 15.1. The fourth-order valence-electron chi connectivity index (χ4n) is 2.93. The minimum Gasteiger partial charge on any atom is -0.311 e. The quantitative estimate of drug-likeness (QED) is 0.839. The number of hydrogen-bond donors (Lipinski definition) is 1. The molecule has 118 valence electrons. The predicted octanol–water partition coefficient (Wildman–Crippen LogP) is 2.40. The molecule has 0 bridgehead atoms. The summed E-state index contributed by atoms with van der Waals surface area (Å²) in [5.74, 6) is 0.807. The van der Waals surface area contributed by atoms with E-state index in [0.717, 1.165) is 18.7 Å². The molecule has 0 aliphatic carbocycles. The molecule has 0 radical (unpaired) electrons. The molecule has 1 aromatic carbocycles. The standard InChI is InChI=1S/C17H28N2OS/c1-15(10-13-21(2)20)18-17-8-11-19(12-9-17)14-16-6-4-3-5-7-16/h3-7,15,17-18H,8-14H2,1-2H3. The molecule has 21 heavy (non-hydrogen) atoms. The molecule has 1 saturated heterocycles. The maximum Gasteiger partial charge on any atom is 0.0246 e. The number of nitrogens with one attached hydrogen (secondary N) is 1. The van der Waals surface area contributed by atoms with Crippen LogP contribution in [0.15, 0.2) is 30.3 Å². The van der Waals surface area contributed by atoms with Crippen LogP contribution in [0.3, 0.4) is 0 Å². The molecule has 1 aromatic rings. The Hall–Kier alpha value is -0.710. The molecule has 2 atom stereocenters. The smallest absolute Gasteiger partial charge is 0.0246 e. The highest BCUT2D eigenvalue weighted by Gasteiger charge is 2.20. The van der Waals surface area contributed by atoms with E-state index < -0.39 is 10.8 Å². The van der Waals surface area contributed by atoms with Crippen molar-refractivity contribution in [2.75, 3.05) is 25.1 Å². The van der Waals surface area contributed by atoms with Crippen LogP contribution in [0.1, 0.15) is 31.7 Å². The Balaban J connectivity index is 1.67. The van der Waals surface area contributed by atoms with Gasteiger partial charge >= 0.3 is 0 Å². The van der Waals surface area contributed by atoms with Gasteiger partial charge in [-0.25, -0.2) is 0 Å². The zero-order valence-corrected chi connectivity index (χ0v) is 14.1. The van der Waals surface area contributed by atoms with Crippen molar-refractivity contribution in [2.45, 2.75) is 44.8 Å². The Bertz CT molecular complexity index is 430. The first-order valence-corrected chi connectivity index (χ1v) is 9.68. The summed E-state index contributed by atoms with van der Waals surface area (Å²) in [4.78, 5) is 2.54. The van der Waals surface area contributed by atoms with Crippen LogP contribution in [0, 0.1) is 0 Å². The lowest BCUT2D eigenvalue weighted by atomic mass is 10.0. The number of benzene rings is 1. The summed E-state index contributed by atoms with van der Waals surface area (Å²) in [6, 6.07) is 11.8. The summed E-state index contributed by atoms with van der Waals surface area (Å²) in [7, 11) is -0.669. The van der Waals surface area contributed by atoms with E-state index in [1.54, 1.807) is 6.26 Å². The number of rotatable bonds is 7. The minimum absolute atomic E-state index is 0.472. The van der Waals surface area contributed by atoms with Crippen molar-refractivity contribution in [3.63, 3.8) is 0 Å². The van der Waals surface area contributed by atoms with Gasteiger partial charge in [-0.2, -0.15) is 0 Å². The zero-order valence-electron chi connectivity index (χ0n) is 13.3. The molecule has 3 nitrogen and oxygen atoms in total. The summed E-state index contributed by atoms with van der Waals surface area (Å²) in [5, 5.41) is 3.70. The van der Waals surface area contributed by atoms with Crippen LogP contribution in [0.2, 0.25) is 0 Å². The van der Waals surface area contributed by atoms with Crippen LogP contribution in [-0.4, -0.2) is 46.3 Å². The van der Waals surface area contributed by atoms with Gasteiger partial charge in [-0.05, 0) is 44.8 Å². The summed E-state index contributed by atoms with van der Waals surface area (Å²) < 4.78 is 11.1. The Morgan fingerprint density at radius 1 is 1.29 bits per heavy atom. The largest absolute Gasteiger partial charge is 0.311 e. The first kappa shape index (κ1) is 16.7. The summed E-state index contributed by atoms with van der Waals surface area (Å²) >= 11 is 0. The van der Waals surface area contributed by atoms with Gasteiger partial charge in [-0.3, -0.25) is 9.11 Å². The van der Waals surface area contributed by atoms with Crippen LogP contribution >= 0.6 is 0 Å². The molecule has 1 heterocycles. The monoisotopic (exact) mass is 308 g/mol. The first-order chi connectivity index (χ1) is 10.1. The SMILES string of the molecule is CC(CCS(C)=O)NC1CCN(Cc2ccccc2)CC1. The van der Waals surface area contributed by atoms with Gasteiger partial charge < -0.3 is 5.32 Å². The van der Waals surface area contributed by atoms with Crippen molar-refractivity contribution in [3.05, 3.63) is 35.9 Å². The van der Waals surface area contributed by atoms with Crippen molar-refractivity contribution in [1.29, 1.82) is 0 Å². The second-order valence-electron chi connectivity index (χ2n) is 6.17. The van der Waals surface area contributed by atoms with Gasteiger partial charge in [0.15, 0.2) is 0 Å². The van der Waals surface area contributed by atoms with E-state index >= 15 is 0 Å². The first-order valence-electron chi connectivity index (χ1n) is 7.96. The lowest BCUT2D eigenvalue weighted by Gasteiger charge is -2.34. The van der Waals surface area contributed by atoms with E-state index in [1.807, 2.05) is 0 Å². The van der Waals surface area contributed by atoms with E-state index in [1.165, 1.54) is 31.5 Å². The van der Waals surface area contributed by atoms with E-state index in [0.29, 0.717) is 12.1 Å². The normalized spacial score (nSPS) is 20.3. The van der Waals surface area contributed by atoms with Crippen LogP contribution in [0.4, 0.5) is 0 Å². The molecular formula is C17H28N2OS. The molecule has 2 rings (SSSR count). The molecule has 4 heteroatoms. The van der Waals surface area contributed by atoms with Gasteiger partial charge in [0.25, 0.3) is 0 Å². The highest BCUT2D eigenvalue weighted by molar-refractivity contribution is 7.84. The van der Waals surface area contributed by atoms with Gasteiger partial charge in [-0.15, -0.1) is 0 Å². The van der Waals surface area contributed by atoms with Crippen LogP contribution in [0.5, 0.6) is 0 Å². The molecule has 0 saturated carbocycles. The highest BCUT2D eigenvalue weighted by Crippen LogP contribution is 2.14. The number of hydrogen-bond acceptors (Lipinski definition) is 3. The van der Waals surface area contributed by atoms with Crippen molar-refractivity contribution in [1.82, 2.24) is 10.2 Å². The van der Waals surface area contributed by atoms with Gasteiger partial charge in [0.05, 0.1) is 0 Å². The maximum absolute atomic E-state index is 11.1. The van der Waals surface area contributed by atoms with Crippen LogP contribution < -0.4 is 5.32 Å². The van der Waals surface area contributed by atoms with Crippen molar-refractivity contribution in [2.24, 2.45) is 0 Å². The predicted molar refractivity (Wildman–Crippen MR) is 90.9 cm³/mol. The van der Waals surface area contributed by atoms with E-state index in [9.17, 15) is 4.21 Å².